The SMILES string of the molecule is CCC(Oc1ccc(OCc2ccc(Cl)cc2)cc1)C(=O)OC. The first-order chi connectivity index (χ1) is 11.1. The van der Waals surface area contributed by atoms with Crippen molar-refractivity contribution in [1.82, 2.24) is 0 Å². The van der Waals surface area contributed by atoms with E-state index in [9.17, 15) is 4.79 Å². The number of carbonyl (C=O) groups is 1. The van der Waals surface area contributed by atoms with Gasteiger partial charge in [0.15, 0.2) is 6.10 Å². The molecular weight excluding hydrogens is 316 g/mol. The highest BCUT2D eigenvalue weighted by molar-refractivity contribution is 6.30. The first-order valence-electron chi connectivity index (χ1n) is 7.34. The zero-order chi connectivity index (χ0) is 16.7. The van der Waals surface area contributed by atoms with Gasteiger partial charge < -0.3 is 14.2 Å². The molecule has 0 aromatic heterocycles. The quantitative estimate of drug-likeness (QED) is 0.710. The van der Waals surface area contributed by atoms with Gasteiger partial charge in [0.1, 0.15) is 18.1 Å². The predicted octanol–water partition coefficient (Wildman–Crippen LogP) is 4.25. The molecular formula is C18H19ClO4. The van der Waals surface area contributed by atoms with Crippen LogP contribution in [0.1, 0.15) is 18.9 Å². The van der Waals surface area contributed by atoms with Crippen LogP contribution in [0.3, 0.4) is 0 Å². The molecule has 1 unspecified atom stereocenters. The molecule has 0 saturated heterocycles. The van der Waals surface area contributed by atoms with Gasteiger partial charge in [-0.15, -0.1) is 0 Å². The van der Waals surface area contributed by atoms with Crippen molar-refractivity contribution < 1.29 is 19.0 Å². The van der Waals surface area contributed by atoms with E-state index in [2.05, 4.69) is 0 Å². The van der Waals surface area contributed by atoms with Crippen LogP contribution in [0.5, 0.6) is 11.5 Å². The second-order valence-electron chi connectivity index (χ2n) is 4.92. The number of halogens is 1. The Morgan fingerprint density at radius 3 is 2.22 bits per heavy atom. The predicted molar refractivity (Wildman–Crippen MR) is 88.9 cm³/mol. The monoisotopic (exact) mass is 334 g/mol. The van der Waals surface area contributed by atoms with Crippen LogP contribution in [0, 0.1) is 0 Å². The molecule has 1 atom stereocenters. The Hall–Kier alpha value is -2.20. The zero-order valence-electron chi connectivity index (χ0n) is 13.1. The highest BCUT2D eigenvalue weighted by Crippen LogP contribution is 2.21. The van der Waals surface area contributed by atoms with Crippen LogP contribution in [-0.2, 0) is 16.1 Å². The van der Waals surface area contributed by atoms with Gasteiger partial charge in [-0.05, 0) is 48.4 Å². The normalized spacial score (nSPS) is 11.6. The molecule has 0 N–H and O–H groups in total. The summed E-state index contributed by atoms with van der Waals surface area (Å²) in [5.41, 5.74) is 1.03. The van der Waals surface area contributed by atoms with E-state index in [4.69, 9.17) is 25.8 Å². The lowest BCUT2D eigenvalue weighted by atomic mass is 10.2. The average Bonchev–Trinajstić information content (AvgIpc) is 2.59. The summed E-state index contributed by atoms with van der Waals surface area (Å²) in [7, 11) is 1.35. The van der Waals surface area contributed by atoms with Crippen molar-refractivity contribution in [1.29, 1.82) is 0 Å². The minimum atomic E-state index is -0.596. The highest BCUT2D eigenvalue weighted by Gasteiger charge is 2.18. The van der Waals surface area contributed by atoms with Gasteiger partial charge in [-0.25, -0.2) is 4.79 Å². The Kier molecular flexibility index (Phi) is 6.29. The first kappa shape index (κ1) is 17.2. The van der Waals surface area contributed by atoms with Gasteiger partial charge in [0.25, 0.3) is 0 Å². The van der Waals surface area contributed by atoms with Crippen LogP contribution < -0.4 is 9.47 Å². The van der Waals surface area contributed by atoms with Gasteiger partial charge >= 0.3 is 5.97 Å². The van der Waals surface area contributed by atoms with Crippen LogP contribution in [0.4, 0.5) is 0 Å². The molecule has 0 fully saturated rings. The van der Waals surface area contributed by atoms with Crippen molar-refractivity contribution in [2.45, 2.75) is 26.1 Å². The summed E-state index contributed by atoms with van der Waals surface area (Å²) in [6.07, 6.45) is -0.0533. The fraction of sp³-hybridized carbons (Fsp3) is 0.278. The topological polar surface area (TPSA) is 44.8 Å². The molecule has 5 heteroatoms. The van der Waals surface area contributed by atoms with Crippen molar-refractivity contribution in [3.8, 4) is 11.5 Å². The van der Waals surface area contributed by atoms with Crippen molar-refractivity contribution in [3.63, 3.8) is 0 Å². The molecule has 122 valence electrons. The third-order valence-electron chi connectivity index (χ3n) is 3.26. The van der Waals surface area contributed by atoms with Gasteiger partial charge in [0, 0.05) is 5.02 Å². The minimum Gasteiger partial charge on any atom is -0.489 e. The van der Waals surface area contributed by atoms with Gasteiger partial charge in [-0.1, -0.05) is 30.7 Å². The summed E-state index contributed by atoms with van der Waals surface area (Å²) < 4.78 is 16.0. The number of carbonyl (C=O) groups excluding carboxylic acids is 1. The zero-order valence-corrected chi connectivity index (χ0v) is 13.9. The number of ether oxygens (including phenoxy) is 3. The number of methoxy groups -OCH3 is 1. The molecule has 0 aliphatic heterocycles. The Balaban J connectivity index is 1.91. The van der Waals surface area contributed by atoms with E-state index in [-0.39, 0.29) is 5.97 Å². The first-order valence-corrected chi connectivity index (χ1v) is 7.72. The highest BCUT2D eigenvalue weighted by atomic mass is 35.5. The van der Waals surface area contributed by atoms with Crippen LogP contribution >= 0.6 is 11.6 Å². The van der Waals surface area contributed by atoms with Gasteiger partial charge in [-0.2, -0.15) is 0 Å². The van der Waals surface area contributed by atoms with Crippen LogP contribution in [0.25, 0.3) is 0 Å². The molecule has 0 aliphatic rings. The van der Waals surface area contributed by atoms with Crippen molar-refractivity contribution in [2.75, 3.05) is 7.11 Å². The Morgan fingerprint density at radius 2 is 1.65 bits per heavy atom. The van der Waals surface area contributed by atoms with E-state index in [1.54, 1.807) is 24.3 Å². The summed E-state index contributed by atoms with van der Waals surface area (Å²) in [6.45, 7) is 2.32. The smallest absolute Gasteiger partial charge is 0.347 e. The lowest BCUT2D eigenvalue weighted by Gasteiger charge is -2.15. The summed E-state index contributed by atoms with van der Waals surface area (Å²) in [5, 5.41) is 0.700. The maximum Gasteiger partial charge on any atom is 0.347 e. The summed E-state index contributed by atoms with van der Waals surface area (Å²) in [5.74, 6) is 0.940. The van der Waals surface area contributed by atoms with Gasteiger partial charge in [0.05, 0.1) is 7.11 Å². The number of esters is 1. The largest absolute Gasteiger partial charge is 0.489 e. The van der Waals surface area contributed by atoms with Crippen LogP contribution in [-0.4, -0.2) is 19.2 Å². The second-order valence-corrected chi connectivity index (χ2v) is 5.36. The Morgan fingerprint density at radius 1 is 1.04 bits per heavy atom. The molecule has 23 heavy (non-hydrogen) atoms. The molecule has 0 heterocycles. The standard InChI is InChI=1S/C18H19ClO4/c1-3-17(18(20)21-2)23-16-10-8-15(9-11-16)22-12-13-4-6-14(19)7-5-13/h4-11,17H,3,12H2,1-2H3. The maximum atomic E-state index is 11.5. The maximum absolute atomic E-state index is 11.5. The molecule has 0 aliphatic carbocycles. The van der Waals surface area contributed by atoms with E-state index in [0.717, 1.165) is 11.3 Å². The number of hydrogen-bond donors (Lipinski definition) is 0. The lowest BCUT2D eigenvalue weighted by molar-refractivity contribution is -0.148. The van der Waals surface area contributed by atoms with E-state index in [0.29, 0.717) is 23.8 Å². The minimum absolute atomic E-state index is 0.379. The molecule has 2 rings (SSSR count). The average molecular weight is 335 g/mol. The van der Waals surface area contributed by atoms with Gasteiger partial charge in [-0.3, -0.25) is 0 Å². The summed E-state index contributed by atoms with van der Waals surface area (Å²) in [6, 6.07) is 14.6. The fourth-order valence-electron chi connectivity index (χ4n) is 1.96. The molecule has 0 amide bonds. The Bertz CT molecular complexity index is 622. The lowest BCUT2D eigenvalue weighted by Crippen LogP contribution is -2.27. The third-order valence-corrected chi connectivity index (χ3v) is 3.51. The van der Waals surface area contributed by atoms with Crippen molar-refractivity contribution in [3.05, 3.63) is 59.1 Å². The number of rotatable bonds is 7. The molecule has 0 radical (unpaired) electrons. The summed E-state index contributed by atoms with van der Waals surface area (Å²) >= 11 is 5.84. The second kappa shape index (κ2) is 8.44. The van der Waals surface area contributed by atoms with E-state index < -0.39 is 6.10 Å². The molecule has 2 aromatic carbocycles. The number of benzene rings is 2. The molecule has 0 spiro atoms. The van der Waals surface area contributed by atoms with Crippen LogP contribution in [0.15, 0.2) is 48.5 Å². The number of hydrogen-bond acceptors (Lipinski definition) is 4. The van der Waals surface area contributed by atoms with Crippen molar-refractivity contribution >= 4 is 17.6 Å². The van der Waals surface area contributed by atoms with Gasteiger partial charge in [0.2, 0.25) is 0 Å². The molecule has 0 bridgehead atoms. The summed E-state index contributed by atoms with van der Waals surface area (Å²) in [4.78, 5) is 11.5. The molecule has 0 saturated carbocycles. The van der Waals surface area contributed by atoms with E-state index >= 15 is 0 Å². The van der Waals surface area contributed by atoms with Crippen molar-refractivity contribution in [2.24, 2.45) is 0 Å². The van der Waals surface area contributed by atoms with E-state index in [1.165, 1.54) is 7.11 Å². The fourth-order valence-corrected chi connectivity index (χ4v) is 2.08. The third kappa shape index (κ3) is 5.18. The molecule has 4 nitrogen and oxygen atoms in total. The van der Waals surface area contributed by atoms with Crippen LogP contribution in [0.2, 0.25) is 5.02 Å². The van der Waals surface area contributed by atoms with E-state index in [1.807, 2.05) is 31.2 Å². The molecule has 2 aromatic rings. The Labute approximate surface area is 140 Å².